The molecule has 0 bridgehead atoms. The van der Waals surface area contributed by atoms with Crippen molar-refractivity contribution in [1.29, 1.82) is 5.26 Å². The van der Waals surface area contributed by atoms with Crippen LogP contribution in [0.3, 0.4) is 0 Å². The zero-order valence-electron chi connectivity index (χ0n) is 11.9. The first-order valence-electron chi connectivity index (χ1n) is 6.93. The molecule has 7 heteroatoms. The zero-order chi connectivity index (χ0) is 15.2. The molecule has 20 heavy (non-hydrogen) atoms. The largest absolute Gasteiger partial charge is 0.401 e. The minimum absolute atomic E-state index is 0.465. The molecule has 1 atom stereocenters. The number of nitrogens with two attached hydrogens (primary N) is 1. The third-order valence-electron chi connectivity index (χ3n) is 3.54. The van der Waals surface area contributed by atoms with E-state index in [-0.39, 0.29) is 0 Å². The van der Waals surface area contributed by atoms with Gasteiger partial charge in [-0.3, -0.25) is 4.90 Å². The van der Waals surface area contributed by atoms with Gasteiger partial charge in [0.25, 0.3) is 0 Å². The first-order valence-corrected chi connectivity index (χ1v) is 6.93. The van der Waals surface area contributed by atoms with Crippen molar-refractivity contribution in [3.8, 4) is 6.07 Å². The summed E-state index contributed by atoms with van der Waals surface area (Å²) in [6.07, 6.45) is -1.67. The average molecular weight is 292 g/mol. The summed E-state index contributed by atoms with van der Waals surface area (Å²) in [4.78, 5) is 3.62. The number of halogens is 3. The van der Waals surface area contributed by atoms with Crippen LogP contribution in [0.5, 0.6) is 0 Å². The minimum Gasteiger partial charge on any atom is -0.314 e. The maximum Gasteiger partial charge on any atom is 0.401 e. The highest BCUT2D eigenvalue weighted by molar-refractivity contribution is 5.00. The third-order valence-corrected chi connectivity index (χ3v) is 3.54. The number of rotatable bonds is 6. The molecule has 0 spiro atoms. The van der Waals surface area contributed by atoms with Crippen molar-refractivity contribution in [3.63, 3.8) is 0 Å². The summed E-state index contributed by atoms with van der Waals surface area (Å²) in [5.41, 5.74) is 4.95. The van der Waals surface area contributed by atoms with Crippen molar-refractivity contribution in [2.75, 3.05) is 39.3 Å². The smallest absolute Gasteiger partial charge is 0.314 e. The van der Waals surface area contributed by atoms with Gasteiger partial charge in [-0.2, -0.15) is 18.4 Å². The first-order chi connectivity index (χ1) is 9.22. The quantitative estimate of drug-likeness (QED) is 0.755. The lowest BCUT2D eigenvalue weighted by Gasteiger charge is -2.35. The summed E-state index contributed by atoms with van der Waals surface area (Å²) >= 11 is 0. The molecule has 1 aliphatic rings. The van der Waals surface area contributed by atoms with Crippen LogP contribution >= 0.6 is 0 Å². The molecule has 0 aromatic heterocycles. The van der Waals surface area contributed by atoms with E-state index >= 15 is 0 Å². The van der Waals surface area contributed by atoms with Crippen LogP contribution in [0.2, 0.25) is 0 Å². The fourth-order valence-corrected chi connectivity index (χ4v) is 2.31. The van der Waals surface area contributed by atoms with Crippen LogP contribution in [-0.2, 0) is 0 Å². The summed E-state index contributed by atoms with van der Waals surface area (Å²) in [5, 5.41) is 8.78. The summed E-state index contributed by atoms with van der Waals surface area (Å²) in [6.45, 7) is 4.04. The Hall–Kier alpha value is -0.840. The molecule has 1 fully saturated rings. The van der Waals surface area contributed by atoms with Gasteiger partial charge >= 0.3 is 6.18 Å². The van der Waals surface area contributed by atoms with Crippen molar-refractivity contribution in [1.82, 2.24) is 9.80 Å². The molecule has 1 heterocycles. The van der Waals surface area contributed by atoms with Gasteiger partial charge in [-0.1, -0.05) is 0 Å². The topological polar surface area (TPSA) is 56.3 Å². The fraction of sp³-hybridized carbons (Fsp3) is 0.923. The van der Waals surface area contributed by atoms with Crippen LogP contribution in [-0.4, -0.2) is 60.8 Å². The van der Waals surface area contributed by atoms with E-state index in [4.69, 9.17) is 11.0 Å². The summed E-state index contributed by atoms with van der Waals surface area (Å²) in [7, 11) is 0. The number of hydrogen-bond donors (Lipinski definition) is 1. The maximum atomic E-state index is 12.2. The number of unbranched alkanes of at least 4 members (excludes halogenated alkanes) is 1. The van der Waals surface area contributed by atoms with Crippen molar-refractivity contribution in [2.24, 2.45) is 5.73 Å². The predicted octanol–water partition coefficient (Wildman–Crippen LogP) is 1.58. The Labute approximate surface area is 118 Å². The lowest BCUT2D eigenvalue weighted by Crippen LogP contribution is -2.49. The molecular formula is C13H23F3N4. The van der Waals surface area contributed by atoms with Crippen LogP contribution in [0.25, 0.3) is 0 Å². The Morgan fingerprint density at radius 2 is 1.65 bits per heavy atom. The van der Waals surface area contributed by atoms with Crippen molar-refractivity contribution < 1.29 is 13.2 Å². The van der Waals surface area contributed by atoms with E-state index in [1.165, 1.54) is 4.90 Å². The SMILES string of the molecule is CC(N)(C#N)CCCCN1CCN(CC(F)(F)F)CC1. The Morgan fingerprint density at radius 1 is 1.10 bits per heavy atom. The summed E-state index contributed by atoms with van der Waals surface area (Å²) < 4.78 is 36.7. The molecule has 0 radical (unpaired) electrons. The number of hydrogen-bond acceptors (Lipinski definition) is 4. The molecule has 2 N–H and O–H groups in total. The van der Waals surface area contributed by atoms with Crippen LogP contribution in [0, 0.1) is 11.3 Å². The number of nitriles is 1. The van der Waals surface area contributed by atoms with Crippen LogP contribution < -0.4 is 5.73 Å². The van der Waals surface area contributed by atoms with Gasteiger partial charge in [-0.15, -0.1) is 0 Å². The molecule has 1 saturated heterocycles. The second-order valence-electron chi connectivity index (χ2n) is 5.72. The number of alkyl halides is 3. The minimum atomic E-state index is -4.11. The molecular weight excluding hydrogens is 269 g/mol. The van der Waals surface area contributed by atoms with Gasteiger partial charge in [0.15, 0.2) is 0 Å². The average Bonchev–Trinajstić information content (AvgIpc) is 2.35. The number of nitrogens with zero attached hydrogens (tertiary/aromatic N) is 3. The second-order valence-corrected chi connectivity index (χ2v) is 5.72. The van der Waals surface area contributed by atoms with E-state index in [1.807, 2.05) is 0 Å². The van der Waals surface area contributed by atoms with Gasteiger partial charge in [0.2, 0.25) is 0 Å². The Bertz CT molecular complexity index is 327. The lowest BCUT2D eigenvalue weighted by molar-refractivity contribution is -0.149. The highest BCUT2D eigenvalue weighted by atomic mass is 19.4. The van der Waals surface area contributed by atoms with E-state index in [0.717, 1.165) is 19.4 Å². The van der Waals surface area contributed by atoms with Crippen molar-refractivity contribution in [3.05, 3.63) is 0 Å². The lowest BCUT2D eigenvalue weighted by atomic mass is 9.98. The van der Waals surface area contributed by atoms with Gasteiger partial charge in [0.05, 0.1) is 12.6 Å². The normalized spacial score (nSPS) is 21.4. The molecule has 0 aliphatic carbocycles. The van der Waals surface area contributed by atoms with Gasteiger partial charge in [-0.25, -0.2) is 0 Å². The highest BCUT2D eigenvalue weighted by Crippen LogP contribution is 2.17. The predicted molar refractivity (Wildman–Crippen MR) is 71.0 cm³/mol. The standard InChI is InChI=1S/C13H23F3N4/c1-12(18,10-17)4-2-3-5-19-6-8-20(9-7-19)11-13(14,15)16/h2-9,11,18H2,1H3. The van der Waals surface area contributed by atoms with E-state index in [0.29, 0.717) is 32.6 Å². The second kappa shape index (κ2) is 7.25. The van der Waals surface area contributed by atoms with E-state index in [2.05, 4.69) is 11.0 Å². The van der Waals surface area contributed by atoms with Gasteiger partial charge in [0, 0.05) is 26.2 Å². The van der Waals surface area contributed by atoms with E-state index in [9.17, 15) is 13.2 Å². The molecule has 4 nitrogen and oxygen atoms in total. The molecule has 116 valence electrons. The van der Waals surface area contributed by atoms with Crippen LogP contribution in [0.4, 0.5) is 13.2 Å². The Kier molecular flexibility index (Phi) is 6.24. The summed E-state index contributed by atoms with van der Waals surface area (Å²) in [5.74, 6) is 0. The molecule has 0 saturated carbocycles. The van der Waals surface area contributed by atoms with E-state index in [1.54, 1.807) is 6.92 Å². The van der Waals surface area contributed by atoms with E-state index < -0.39 is 18.3 Å². The molecule has 0 amide bonds. The first kappa shape index (κ1) is 17.2. The van der Waals surface area contributed by atoms with Crippen molar-refractivity contribution in [2.45, 2.75) is 37.9 Å². The van der Waals surface area contributed by atoms with Gasteiger partial charge in [-0.05, 0) is 32.7 Å². The van der Waals surface area contributed by atoms with Gasteiger partial charge < -0.3 is 10.6 Å². The van der Waals surface area contributed by atoms with Gasteiger partial charge in [0.1, 0.15) is 5.54 Å². The number of piperazine rings is 1. The Balaban J connectivity index is 2.13. The molecule has 0 aromatic carbocycles. The molecule has 1 unspecified atom stereocenters. The van der Waals surface area contributed by atoms with Crippen LogP contribution in [0.15, 0.2) is 0 Å². The Morgan fingerprint density at radius 3 is 2.15 bits per heavy atom. The molecule has 1 rings (SSSR count). The monoisotopic (exact) mass is 292 g/mol. The fourth-order valence-electron chi connectivity index (χ4n) is 2.31. The maximum absolute atomic E-state index is 12.2. The summed E-state index contributed by atoms with van der Waals surface area (Å²) in [6, 6.07) is 2.06. The highest BCUT2D eigenvalue weighted by Gasteiger charge is 2.31. The third kappa shape index (κ3) is 7.08. The van der Waals surface area contributed by atoms with Crippen molar-refractivity contribution >= 4 is 0 Å². The molecule has 0 aromatic rings. The molecule has 1 aliphatic heterocycles. The van der Waals surface area contributed by atoms with Crippen LogP contribution in [0.1, 0.15) is 26.2 Å². The zero-order valence-corrected chi connectivity index (χ0v) is 11.9.